The van der Waals surface area contributed by atoms with Crippen molar-refractivity contribution in [2.45, 2.75) is 103 Å². The number of hydrogen-bond acceptors (Lipinski definition) is 5. The molecule has 3 N–H and O–H groups in total. The minimum atomic E-state index is -0.808. The molecular formula is C30H41N3O4S. The number of rotatable bonds is 8. The summed E-state index contributed by atoms with van der Waals surface area (Å²) in [4.78, 5) is 43.2. The smallest absolute Gasteiger partial charge is 0.306 e. The van der Waals surface area contributed by atoms with Gasteiger partial charge in [-0.05, 0) is 73.8 Å². The van der Waals surface area contributed by atoms with Gasteiger partial charge in [-0.25, -0.2) is 4.98 Å². The quantitative estimate of drug-likeness (QED) is 0.383. The molecule has 1 aromatic heterocycles. The highest BCUT2D eigenvalue weighted by Gasteiger charge is 2.36. The van der Waals surface area contributed by atoms with Gasteiger partial charge in [0.15, 0.2) is 5.01 Å². The lowest BCUT2D eigenvalue weighted by Gasteiger charge is -2.32. The van der Waals surface area contributed by atoms with E-state index in [1.165, 1.54) is 43.4 Å². The minimum Gasteiger partial charge on any atom is -0.481 e. The largest absolute Gasteiger partial charge is 0.481 e. The van der Waals surface area contributed by atoms with Gasteiger partial charge in [-0.3, -0.25) is 14.4 Å². The van der Waals surface area contributed by atoms with Gasteiger partial charge in [0.1, 0.15) is 0 Å². The Labute approximate surface area is 229 Å². The normalized spacial score (nSPS) is 20.2. The molecule has 8 heteroatoms. The SMILES string of the molecule is CC(C)NC(=O)c1cc(-c2sc(C(=O)N[C@H]3C[C@H](C(=O)O)C3)nc2CC2CCCCC2)cc(C(C)(C)C)c1. The van der Waals surface area contributed by atoms with Crippen molar-refractivity contribution in [1.82, 2.24) is 15.6 Å². The second kappa shape index (κ2) is 11.6. The third kappa shape index (κ3) is 6.82. The number of carboxylic acids is 1. The van der Waals surface area contributed by atoms with Crippen LogP contribution in [0.2, 0.25) is 0 Å². The van der Waals surface area contributed by atoms with Crippen molar-refractivity contribution in [3.8, 4) is 10.4 Å². The van der Waals surface area contributed by atoms with E-state index < -0.39 is 5.97 Å². The Morgan fingerprint density at radius 1 is 1.05 bits per heavy atom. The number of hydrogen-bond donors (Lipinski definition) is 3. The van der Waals surface area contributed by atoms with Gasteiger partial charge in [-0.1, -0.05) is 52.9 Å². The first-order valence-corrected chi connectivity index (χ1v) is 14.7. The molecule has 2 fully saturated rings. The fraction of sp³-hybridized carbons (Fsp3) is 0.600. The van der Waals surface area contributed by atoms with E-state index in [1.807, 2.05) is 26.0 Å². The molecule has 0 unspecified atom stereocenters. The summed E-state index contributed by atoms with van der Waals surface area (Å²) < 4.78 is 0. The van der Waals surface area contributed by atoms with Crippen LogP contribution in [0, 0.1) is 11.8 Å². The first-order valence-electron chi connectivity index (χ1n) is 13.9. The highest BCUT2D eigenvalue weighted by Crippen LogP contribution is 2.38. The number of aliphatic carboxylic acids is 1. The number of thiazole rings is 1. The molecule has 0 aliphatic heterocycles. The van der Waals surface area contributed by atoms with Crippen LogP contribution in [-0.4, -0.2) is 40.0 Å². The van der Waals surface area contributed by atoms with Gasteiger partial charge >= 0.3 is 5.97 Å². The average molecular weight is 540 g/mol. The maximum atomic E-state index is 13.2. The number of amides is 2. The monoisotopic (exact) mass is 539 g/mol. The summed E-state index contributed by atoms with van der Waals surface area (Å²) in [6, 6.07) is 5.92. The van der Waals surface area contributed by atoms with Crippen molar-refractivity contribution in [2.75, 3.05) is 0 Å². The Balaban J connectivity index is 1.69. The summed E-state index contributed by atoms with van der Waals surface area (Å²) in [5.41, 5.74) is 3.34. The molecule has 4 rings (SSSR count). The van der Waals surface area contributed by atoms with Crippen molar-refractivity contribution < 1.29 is 19.5 Å². The lowest BCUT2D eigenvalue weighted by Crippen LogP contribution is -2.46. The van der Waals surface area contributed by atoms with Crippen molar-refractivity contribution in [1.29, 1.82) is 0 Å². The minimum absolute atomic E-state index is 0.0250. The summed E-state index contributed by atoms with van der Waals surface area (Å²) >= 11 is 1.38. The van der Waals surface area contributed by atoms with E-state index in [9.17, 15) is 14.4 Å². The Morgan fingerprint density at radius 2 is 1.74 bits per heavy atom. The number of nitrogens with zero attached hydrogens (tertiary/aromatic N) is 1. The Kier molecular flexibility index (Phi) is 8.60. The maximum absolute atomic E-state index is 13.2. The maximum Gasteiger partial charge on any atom is 0.306 e. The number of carbonyl (C=O) groups is 3. The predicted octanol–water partition coefficient (Wildman–Crippen LogP) is 5.96. The van der Waals surface area contributed by atoms with Crippen LogP contribution in [0.1, 0.15) is 111 Å². The van der Waals surface area contributed by atoms with E-state index in [-0.39, 0.29) is 35.2 Å². The molecule has 0 saturated heterocycles. The van der Waals surface area contributed by atoms with Crippen LogP contribution >= 0.6 is 11.3 Å². The number of benzene rings is 1. The number of carboxylic acid groups (broad SMARTS) is 1. The van der Waals surface area contributed by atoms with E-state index in [1.54, 1.807) is 0 Å². The zero-order valence-corrected chi connectivity index (χ0v) is 24.0. The lowest BCUT2D eigenvalue weighted by atomic mass is 9.80. The Morgan fingerprint density at radius 3 is 2.34 bits per heavy atom. The summed E-state index contributed by atoms with van der Waals surface area (Å²) in [6.45, 7) is 10.3. The third-order valence-corrected chi connectivity index (χ3v) is 8.81. The zero-order valence-electron chi connectivity index (χ0n) is 23.2. The van der Waals surface area contributed by atoms with Gasteiger partial charge in [0.05, 0.1) is 16.5 Å². The van der Waals surface area contributed by atoms with Crippen molar-refractivity contribution in [2.24, 2.45) is 11.8 Å². The highest BCUT2D eigenvalue weighted by molar-refractivity contribution is 7.17. The van der Waals surface area contributed by atoms with Crippen LogP contribution in [0.25, 0.3) is 10.4 Å². The first-order chi connectivity index (χ1) is 17.9. The third-order valence-electron chi connectivity index (χ3n) is 7.66. The molecule has 0 radical (unpaired) electrons. The van der Waals surface area contributed by atoms with Crippen LogP contribution < -0.4 is 10.6 Å². The fourth-order valence-corrected chi connectivity index (χ4v) is 6.31. The average Bonchev–Trinajstić information content (AvgIpc) is 3.24. The van der Waals surface area contributed by atoms with Crippen molar-refractivity contribution in [3.63, 3.8) is 0 Å². The first kappa shape index (κ1) is 28.3. The van der Waals surface area contributed by atoms with Gasteiger partial charge in [0.2, 0.25) is 0 Å². The van der Waals surface area contributed by atoms with Crippen LogP contribution in [0.4, 0.5) is 0 Å². The molecule has 2 amide bonds. The standard InChI is InChI=1S/C30H41N3O4S/c1-17(2)31-26(34)20-12-19(13-22(14-20)30(3,4)5)25-24(11-18-9-7-6-8-10-18)33-28(38-25)27(35)32-23-15-21(16-23)29(36)37/h12-14,17-18,21,23H,6-11,15-16H2,1-5H3,(H,31,34)(H,32,35)(H,36,37)/t21-,23-. The topological polar surface area (TPSA) is 108 Å². The van der Waals surface area contributed by atoms with Gasteiger partial charge in [0, 0.05) is 17.6 Å². The van der Waals surface area contributed by atoms with E-state index >= 15 is 0 Å². The van der Waals surface area contributed by atoms with Gasteiger partial charge < -0.3 is 15.7 Å². The molecule has 0 spiro atoms. The zero-order chi connectivity index (χ0) is 27.6. The van der Waals surface area contributed by atoms with E-state index in [0.29, 0.717) is 29.3 Å². The van der Waals surface area contributed by atoms with Gasteiger partial charge in [0.25, 0.3) is 11.8 Å². The van der Waals surface area contributed by atoms with Crippen LogP contribution in [0.15, 0.2) is 18.2 Å². The van der Waals surface area contributed by atoms with Crippen LogP contribution in [0.3, 0.4) is 0 Å². The molecule has 7 nitrogen and oxygen atoms in total. The molecule has 1 heterocycles. The second-order valence-electron chi connectivity index (χ2n) is 12.4. The van der Waals surface area contributed by atoms with E-state index in [0.717, 1.165) is 28.1 Å². The molecule has 0 atom stereocenters. The number of carbonyl (C=O) groups excluding carboxylic acids is 2. The van der Waals surface area contributed by atoms with Crippen LogP contribution in [0.5, 0.6) is 0 Å². The predicted molar refractivity (Wildman–Crippen MR) is 151 cm³/mol. The molecule has 206 valence electrons. The van der Waals surface area contributed by atoms with E-state index in [2.05, 4.69) is 37.5 Å². The molecule has 2 saturated carbocycles. The van der Waals surface area contributed by atoms with Crippen molar-refractivity contribution in [3.05, 3.63) is 40.0 Å². The molecule has 2 aliphatic rings. The van der Waals surface area contributed by atoms with Crippen molar-refractivity contribution >= 4 is 29.1 Å². The highest BCUT2D eigenvalue weighted by atomic mass is 32.1. The summed E-state index contributed by atoms with van der Waals surface area (Å²) in [6.07, 6.45) is 7.78. The molecule has 38 heavy (non-hydrogen) atoms. The lowest BCUT2D eigenvalue weighted by molar-refractivity contribution is -0.145. The van der Waals surface area contributed by atoms with Gasteiger partial charge in [-0.15, -0.1) is 11.3 Å². The second-order valence-corrected chi connectivity index (χ2v) is 13.4. The fourth-order valence-electron chi connectivity index (χ4n) is 5.33. The van der Waals surface area contributed by atoms with E-state index in [4.69, 9.17) is 10.1 Å². The molecular weight excluding hydrogens is 498 g/mol. The molecule has 2 aliphatic carbocycles. The van der Waals surface area contributed by atoms with Crippen LogP contribution in [-0.2, 0) is 16.6 Å². The molecule has 0 bridgehead atoms. The Hall–Kier alpha value is -2.74. The summed E-state index contributed by atoms with van der Waals surface area (Å²) in [7, 11) is 0. The Bertz CT molecular complexity index is 1180. The molecule has 2 aromatic rings. The number of nitrogens with one attached hydrogen (secondary N) is 2. The van der Waals surface area contributed by atoms with Gasteiger partial charge in [-0.2, -0.15) is 0 Å². The summed E-state index contributed by atoms with van der Waals surface area (Å²) in [5, 5.41) is 15.6. The number of aromatic nitrogens is 1. The summed E-state index contributed by atoms with van der Waals surface area (Å²) in [5.74, 6) is -1.01. The molecule has 1 aromatic carbocycles.